The van der Waals surface area contributed by atoms with Gasteiger partial charge in [0, 0.05) is 42.2 Å². The maximum Gasteiger partial charge on any atom is 0.321 e. The van der Waals surface area contributed by atoms with E-state index in [-0.39, 0.29) is 36.3 Å². The summed E-state index contributed by atoms with van der Waals surface area (Å²) in [6.45, 7) is 2.07. The van der Waals surface area contributed by atoms with Gasteiger partial charge in [-0.3, -0.25) is 4.90 Å². The van der Waals surface area contributed by atoms with Gasteiger partial charge >= 0.3 is 6.03 Å². The Bertz CT molecular complexity index is 1320. The number of aliphatic hydroxyl groups is 1. The molecule has 7 heteroatoms. The van der Waals surface area contributed by atoms with Crippen molar-refractivity contribution in [3.8, 4) is 17.6 Å². The molecule has 3 aromatic carbocycles. The van der Waals surface area contributed by atoms with Gasteiger partial charge in [-0.25, -0.2) is 9.18 Å². The zero-order valence-electron chi connectivity index (χ0n) is 21.4. The Balaban J connectivity index is 1.31. The van der Waals surface area contributed by atoms with Crippen LogP contribution in [0.4, 0.5) is 14.9 Å². The fourth-order valence-electron chi connectivity index (χ4n) is 5.49. The summed E-state index contributed by atoms with van der Waals surface area (Å²) in [5.41, 5.74) is 3.12. The van der Waals surface area contributed by atoms with Crippen molar-refractivity contribution >= 4 is 11.7 Å². The van der Waals surface area contributed by atoms with Gasteiger partial charge in [-0.15, -0.1) is 0 Å². The molecule has 5 rings (SSSR count). The van der Waals surface area contributed by atoms with E-state index in [0.717, 1.165) is 41.8 Å². The number of halogens is 1. The van der Waals surface area contributed by atoms with Crippen LogP contribution in [0.15, 0.2) is 72.8 Å². The Hall–Kier alpha value is -3.86. The van der Waals surface area contributed by atoms with E-state index in [2.05, 4.69) is 34.2 Å². The molecule has 0 saturated carbocycles. The second-order valence-corrected chi connectivity index (χ2v) is 9.74. The predicted molar refractivity (Wildman–Crippen MR) is 146 cm³/mol. The summed E-state index contributed by atoms with van der Waals surface area (Å²) in [6, 6.07) is 21.8. The SMILES string of the molecule is COc1ccc(C#Cc2ccc([C@H]3[C@H](CO)N4CCCCN(C(=O)Nc5ccccc5F)C[C@@H]34)cc2)cc1. The van der Waals surface area contributed by atoms with Gasteiger partial charge in [0.25, 0.3) is 0 Å². The van der Waals surface area contributed by atoms with Crippen LogP contribution in [-0.4, -0.2) is 66.4 Å². The lowest BCUT2D eigenvalue weighted by Gasteiger charge is -2.57. The molecule has 0 radical (unpaired) electrons. The maximum atomic E-state index is 14.1. The molecule has 2 fully saturated rings. The van der Waals surface area contributed by atoms with Crippen molar-refractivity contribution in [3.05, 3.63) is 95.3 Å². The number of ether oxygens (including phenoxy) is 1. The smallest absolute Gasteiger partial charge is 0.321 e. The highest BCUT2D eigenvalue weighted by Gasteiger charge is 2.49. The van der Waals surface area contributed by atoms with Gasteiger partial charge in [0.1, 0.15) is 11.6 Å². The van der Waals surface area contributed by atoms with Gasteiger partial charge in [-0.1, -0.05) is 36.1 Å². The van der Waals surface area contributed by atoms with Crippen molar-refractivity contribution in [2.75, 3.05) is 38.7 Å². The second kappa shape index (κ2) is 11.7. The lowest BCUT2D eigenvalue weighted by Crippen LogP contribution is -2.68. The van der Waals surface area contributed by atoms with E-state index >= 15 is 0 Å². The first-order chi connectivity index (χ1) is 18.6. The molecule has 196 valence electrons. The number of methoxy groups -OCH3 is 1. The molecule has 38 heavy (non-hydrogen) atoms. The van der Waals surface area contributed by atoms with Gasteiger partial charge in [-0.05, 0) is 73.5 Å². The molecule has 2 aliphatic rings. The Morgan fingerprint density at radius 1 is 1.00 bits per heavy atom. The molecule has 0 unspecified atom stereocenters. The van der Waals surface area contributed by atoms with Crippen LogP contribution in [0.1, 0.15) is 35.4 Å². The number of fused-ring (bicyclic) bond motifs is 1. The number of para-hydroxylation sites is 1. The number of nitrogens with one attached hydrogen (secondary N) is 1. The van der Waals surface area contributed by atoms with E-state index in [0.29, 0.717) is 13.1 Å². The Labute approximate surface area is 223 Å². The molecule has 2 heterocycles. The van der Waals surface area contributed by atoms with Crippen LogP contribution in [0.3, 0.4) is 0 Å². The number of nitrogens with zero attached hydrogens (tertiary/aromatic N) is 2. The third-order valence-electron chi connectivity index (χ3n) is 7.51. The summed E-state index contributed by atoms with van der Waals surface area (Å²) < 4.78 is 19.3. The number of anilines is 1. The largest absolute Gasteiger partial charge is 0.497 e. The lowest BCUT2D eigenvalue weighted by atomic mass is 9.74. The molecule has 0 aromatic heterocycles. The molecule has 0 aliphatic carbocycles. The second-order valence-electron chi connectivity index (χ2n) is 9.74. The molecule has 3 atom stereocenters. The molecule has 2 saturated heterocycles. The molecule has 6 nitrogen and oxygen atoms in total. The highest BCUT2D eigenvalue weighted by molar-refractivity contribution is 5.89. The van der Waals surface area contributed by atoms with Crippen LogP contribution < -0.4 is 10.1 Å². The van der Waals surface area contributed by atoms with Gasteiger partial charge < -0.3 is 20.1 Å². The summed E-state index contributed by atoms with van der Waals surface area (Å²) >= 11 is 0. The number of hydrogen-bond acceptors (Lipinski definition) is 4. The molecule has 0 spiro atoms. The van der Waals surface area contributed by atoms with E-state index in [1.165, 1.54) is 6.07 Å². The van der Waals surface area contributed by atoms with Gasteiger partial charge in [0.15, 0.2) is 0 Å². The van der Waals surface area contributed by atoms with Crippen molar-refractivity contribution in [3.63, 3.8) is 0 Å². The number of aliphatic hydroxyl groups excluding tert-OH is 1. The Kier molecular flexibility index (Phi) is 7.92. The molecule has 0 bridgehead atoms. The number of benzene rings is 3. The summed E-state index contributed by atoms with van der Waals surface area (Å²) in [5.74, 6) is 6.82. The van der Waals surface area contributed by atoms with Gasteiger partial charge in [0.05, 0.1) is 19.4 Å². The van der Waals surface area contributed by atoms with E-state index in [4.69, 9.17) is 4.74 Å². The van der Waals surface area contributed by atoms with Crippen molar-refractivity contribution in [2.45, 2.75) is 30.8 Å². The molecule has 3 aromatic rings. The normalized spacial score (nSPS) is 21.1. The first kappa shape index (κ1) is 25.8. The average Bonchev–Trinajstić information content (AvgIpc) is 2.93. The van der Waals surface area contributed by atoms with Crippen molar-refractivity contribution < 1.29 is 19.0 Å². The van der Waals surface area contributed by atoms with Crippen LogP contribution in [0.2, 0.25) is 0 Å². The summed E-state index contributed by atoms with van der Waals surface area (Å²) in [5, 5.41) is 12.9. The van der Waals surface area contributed by atoms with Crippen molar-refractivity contribution in [2.24, 2.45) is 0 Å². The minimum absolute atomic E-state index is 0.00538. The number of rotatable bonds is 4. The maximum absolute atomic E-state index is 14.1. The number of amides is 2. The quantitative estimate of drug-likeness (QED) is 0.497. The third kappa shape index (κ3) is 5.52. The molecular weight excluding hydrogens is 481 g/mol. The summed E-state index contributed by atoms with van der Waals surface area (Å²) in [4.78, 5) is 17.2. The van der Waals surface area contributed by atoms with E-state index in [1.54, 1.807) is 30.2 Å². The van der Waals surface area contributed by atoms with Crippen LogP contribution in [0, 0.1) is 17.7 Å². The zero-order valence-corrected chi connectivity index (χ0v) is 21.4. The molecular formula is C31H32FN3O3. The van der Waals surface area contributed by atoms with E-state index < -0.39 is 5.82 Å². The standard InChI is InChI=1S/C31H32FN3O3/c1-38-25-16-12-23(13-17-25)9-8-22-10-14-24(15-11-22)30-28-20-34(18-4-5-19-35(28)29(30)21-36)31(37)33-27-7-3-2-6-26(27)32/h2-3,6-7,10-17,28-30,36H,4-5,18-21H2,1H3,(H,33,37)/t28-,29-,30+/m0/s1. The minimum Gasteiger partial charge on any atom is -0.497 e. The monoisotopic (exact) mass is 513 g/mol. The lowest BCUT2D eigenvalue weighted by molar-refractivity contribution is -0.0585. The Morgan fingerprint density at radius 2 is 1.66 bits per heavy atom. The molecule has 2 N–H and O–H groups in total. The average molecular weight is 514 g/mol. The van der Waals surface area contributed by atoms with Crippen LogP contribution in [0.5, 0.6) is 5.75 Å². The number of hydrogen-bond donors (Lipinski definition) is 2. The summed E-state index contributed by atoms with van der Waals surface area (Å²) in [7, 11) is 1.64. The molecule has 2 amide bonds. The number of carbonyl (C=O) groups excluding carboxylic acids is 1. The zero-order chi connectivity index (χ0) is 26.5. The highest BCUT2D eigenvalue weighted by atomic mass is 19.1. The number of carbonyl (C=O) groups is 1. The van der Waals surface area contributed by atoms with E-state index in [9.17, 15) is 14.3 Å². The fourth-order valence-corrected chi connectivity index (χ4v) is 5.49. The topological polar surface area (TPSA) is 65.0 Å². The van der Waals surface area contributed by atoms with Crippen molar-refractivity contribution in [1.82, 2.24) is 9.80 Å². The van der Waals surface area contributed by atoms with E-state index in [1.807, 2.05) is 36.4 Å². The fraction of sp³-hybridized carbons (Fsp3) is 0.323. The summed E-state index contributed by atoms with van der Waals surface area (Å²) in [6.07, 6.45) is 1.79. The van der Waals surface area contributed by atoms with Crippen LogP contribution >= 0.6 is 0 Å². The van der Waals surface area contributed by atoms with Gasteiger partial charge in [-0.2, -0.15) is 0 Å². The minimum atomic E-state index is -0.452. The third-order valence-corrected chi connectivity index (χ3v) is 7.51. The van der Waals surface area contributed by atoms with Crippen molar-refractivity contribution in [1.29, 1.82) is 0 Å². The first-order valence-electron chi connectivity index (χ1n) is 13.0. The van der Waals surface area contributed by atoms with Crippen LogP contribution in [0.25, 0.3) is 0 Å². The van der Waals surface area contributed by atoms with Gasteiger partial charge in [0.2, 0.25) is 0 Å². The number of urea groups is 1. The van der Waals surface area contributed by atoms with Crippen LogP contribution in [-0.2, 0) is 0 Å². The highest BCUT2D eigenvalue weighted by Crippen LogP contribution is 2.42. The first-order valence-corrected chi connectivity index (χ1v) is 13.0. The predicted octanol–water partition coefficient (Wildman–Crippen LogP) is 4.69. The molecule has 2 aliphatic heterocycles. The Morgan fingerprint density at radius 3 is 2.32 bits per heavy atom.